The van der Waals surface area contributed by atoms with Gasteiger partial charge < -0.3 is 23.8 Å². The topological polar surface area (TPSA) is 81.0 Å². The average Bonchev–Trinajstić information content (AvgIpc) is 3.34. The van der Waals surface area contributed by atoms with Crippen molar-refractivity contribution in [1.29, 1.82) is 5.26 Å². The van der Waals surface area contributed by atoms with E-state index >= 15 is 8.78 Å². The number of halogens is 3. The van der Waals surface area contributed by atoms with Crippen LogP contribution in [0, 0.1) is 23.0 Å². The molecule has 0 saturated heterocycles. The van der Waals surface area contributed by atoms with Crippen LogP contribution < -0.4 is 9.47 Å². The third kappa shape index (κ3) is 6.76. The number of ether oxygens (including phenoxy) is 4. The SMILES string of the molecule is COc1ccc(C#N)c(-c2c(Cl)c(F)cc3c2C(COCc2ccccc2)C(CN(C)C(=O)OC(C)(C)C)(c2ccccc2)O3)c1F. The summed E-state index contributed by atoms with van der Waals surface area (Å²) < 4.78 is 55.9. The van der Waals surface area contributed by atoms with Crippen LogP contribution in [0.3, 0.4) is 0 Å². The standard InChI is InChI=1S/C37H35ClF2N2O5/c1-36(2,3)47-35(43)42(4)22-37(25-14-10-7-11-15-25)26(21-45-20-23-12-8-6-9-13-23)31-29(46-37)18-27(39)33(38)32(31)30-24(19-41)16-17-28(44-5)34(30)40/h6-18,26H,20-22H2,1-5H3. The van der Waals surface area contributed by atoms with E-state index in [1.807, 2.05) is 66.7 Å². The highest BCUT2D eigenvalue weighted by Gasteiger charge is 2.53. The molecular formula is C37H35ClF2N2O5. The first-order valence-corrected chi connectivity index (χ1v) is 15.4. The highest BCUT2D eigenvalue weighted by Crippen LogP contribution is 2.57. The Balaban J connectivity index is 1.75. The molecule has 0 fully saturated rings. The van der Waals surface area contributed by atoms with Crippen LogP contribution in [-0.2, 0) is 21.7 Å². The van der Waals surface area contributed by atoms with Crippen molar-refractivity contribution < 1.29 is 32.5 Å². The molecule has 2 atom stereocenters. The van der Waals surface area contributed by atoms with Gasteiger partial charge in [-0.05, 0) is 44.0 Å². The lowest BCUT2D eigenvalue weighted by molar-refractivity contribution is -0.0200. The number of nitrogens with zero attached hydrogens (tertiary/aromatic N) is 2. The van der Waals surface area contributed by atoms with Gasteiger partial charge in [0.05, 0.1) is 49.4 Å². The van der Waals surface area contributed by atoms with Gasteiger partial charge in [0, 0.05) is 29.8 Å². The predicted molar refractivity (Wildman–Crippen MR) is 175 cm³/mol. The van der Waals surface area contributed by atoms with Crippen LogP contribution in [0.5, 0.6) is 11.5 Å². The van der Waals surface area contributed by atoms with Gasteiger partial charge >= 0.3 is 6.09 Å². The highest BCUT2D eigenvalue weighted by atomic mass is 35.5. The van der Waals surface area contributed by atoms with Crippen LogP contribution in [-0.4, -0.2) is 43.9 Å². The van der Waals surface area contributed by atoms with Crippen molar-refractivity contribution in [2.24, 2.45) is 0 Å². The Hall–Kier alpha value is -4.65. The summed E-state index contributed by atoms with van der Waals surface area (Å²) in [5, 5.41) is 9.66. The zero-order valence-corrected chi connectivity index (χ0v) is 27.5. The molecule has 0 radical (unpaired) electrons. The van der Waals surface area contributed by atoms with Crippen LogP contribution in [0.2, 0.25) is 5.02 Å². The number of methoxy groups -OCH3 is 1. The Bertz CT molecular complexity index is 1810. The summed E-state index contributed by atoms with van der Waals surface area (Å²) in [5.74, 6) is -2.63. The number of likely N-dealkylation sites (N-methyl/N-ethyl adjacent to an activating group) is 1. The van der Waals surface area contributed by atoms with Gasteiger partial charge in [-0.2, -0.15) is 5.26 Å². The molecule has 10 heteroatoms. The second kappa shape index (κ2) is 13.6. The van der Waals surface area contributed by atoms with Crippen molar-refractivity contribution in [2.75, 3.05) is 27.3 Å². The van der Waals surface area contributed by atoms with Crippen LogP contribution in [0.4, 0.5) is 13.6 Å². The van der Waals surface area contributed by atoms with E-state index in [-0.39, 0.29) is 47.9 Å². The molecule has 0 saturated carbocycles. The molecule has 1 aliphatic heterocycles. The van der Waals surface area contributed by atoms with Gasteiger partial charge in [0.2, 0.25) is 0 Å². The summed E-state index contributed by atoms with van der Waals surface area (Å²) in [5.41, 5.74) is -0.640. The number of nitriles is 1. The Kier molecular flexibility index (Phi) is 9.76. The zero-order valence-electron chi connectivity index (χ0n) is 26.8. The van der Waals surface area contributed by atoms with Gasteiger partial charge in [0.25, 0.3) is 0 Å². The number of benzene rings is 4. The molecule has 0 spiro atoms. The van der Waals surface area contributed by atoms with Crippen LogP contribution in [0.15, 0.2) is 78.9 Å². The Morgan fingerprint density at radius 3 is 2.32 bits per heavy atom. The summed E-state index contributed by atoms with van der Waals surface area (Å²) in [7, 11) is 2.87. The van der Waals surface area contributed by atoms with E-state index in [9.17, 15) is 10.1 Å². The number of hydrogen-bond donors (Lipinski definition) is 0. The molecule has 1 aliphatic rings. The van der Waals surface area contributed by atoms with E-state index in [4.69, 9.17) is 30.5 Å². The molecule has 1 amide bonds. The first-order chi connectivity index (χ1) is 22.4. The number of fused-ring (bicyclic) bond motifs is 1. The molecule has 244 valence electrons. The zero-order chi connectivity index (χ0) is 33.9. The third-order valence-electron chi connectivity index (χ3n) is 7.96. The second-order valence-electron chi connectivity index (χ2n) is 12.3. The molecule has 1 heterocycles. The molecule has 47 heavy (non-hydrogen) atoms. The summed E-state index contributed by atoms with van der Waals surface area (Å²) in [6.45, 7) is 5.44. The molecule has 0 aromatic heterocycles. The lowest BCUT2D eigenvalue weighted by Crippen LogP contribution is -2.49. The van der Waals surface area contributed by atoms with Crippen LogP contribution in [0.1, 0.15) is 48.9 Å². The molecule has 2 unspecified atom stereocenters. The number of carbonyl (C=O) groups is 1. The maximum atomic E-state index is 16.2. The van der Waals surface area contributed by atoms with Crippen molar-refractivity contribution in [2.45, 2.75) is 44.5 Å². The Morgan fingerprint density at radius 1 is 1.04 bits per heavy atom. The van der Waals surface area contributed by atoms with Crippen LogP contribution in [0.25, 0.3) is 11.1 Å². The highest BCUT2D eigenvalue weighted by molar-refractivity contribution is 6.34. The molecule has 7 nitrogen and oxygen atoms in total. The van der Waals surface area contributed by atoms with Gasteiger partial charge in [0.1, 0.15) is 17.2 Å². The first kappa shape index (κ1) is 33.7. The van der Waals surface area contributed by atoms with Crippen molar-refractivity contribution in [3.05, 3.63) is 118 Å². The maximum Gasteiger partial charge on any atom is 0.410 e. The second-order valence-corrected chi connectivity index (χ2v) is 12.7. The first-order valence-electron chi connectivity index (χ1n) is 15.0. The van der Waals surface area contributed by atoms with E-state index in [0.717, 1.165) is 11.6 Å². The van der Waals surface area contributed by atoms with E-state index in [0.29, 0.717) is 11.1 Å². The Morgan fingerprint density at radius 2 is 1.70 bits per heavy atom. The molecular weight excluding hydrogens is 626 g/mol. The molecule has 0 aliphatic carbocycles. The van der Waals surface area contributed by atoms with E-state index in [2.05, 4.69) is 0 Å². The minimum Gasteiger partial charge on any atom is -0.494 e. The summed E-state index contributed by atoms with van der Waals surface area (Å²) >= 11 is 6.70. The van der Waals surface area contributed by atoms with E-state index in [1.165, 1.54) is 24.1 Å². The predicted octanol–water partition coefficient (Wildman–Crippen LogP) is 8.62. The van der Waals surface area contributed by atoms with Crippen LogP contribution >= 0.6 is 11.6 Å². The van der Waals surface area contributed by atoms with Crippen molar-refractivity contribution in [3.63, 3.8) is 0 Å². The van der Waals surface area contributed by atoms with Crippen molar-refractivity contribution in [3.8, 4) is 28.7 Å². The van der Waals surface area contributed by atoms with Crippen molar-refractivity contribution >= 4 is 17.7 Å². The average molecular weight is 661 g/mol. The lowest BCUT2D eigenvalue weighted by atomic mass is 9.76. The summed E-state index contributed by atoms with van der Waals surface area (Å²) in [6.07, 6.45) is -0.605. The third-order valence-corrected chi connectivity index (χ3v) is 8.33. The fraction of sp³-hybridized carbons (Fsp3) is 0.297. The number of amides is 1. The maximum absolute atomic E-state index is 16.2. The molecule has 4 aromatic carbocycles. The molecule has 4 aromatic rings. The van der Waals surface area contributed by atoms with Gasteiger partial charge in [-0.1, -0.05) is 72.3 Å². The number of carbonyl (C=O) groups excluding carboxylic acids is 1. The fourth-order valence-electron chi connectivity index (χ4n) is 5.90. The van der Waals surface area contributed by atoms with Gasteiger partial charge in [0.15, 0.2) is 17.2 Å². The monoisotopic (exact) mass is 660 g/mol. The van der Waals surface area contributed by atoms with E-state index in [1.54, 1.807) is 27.8 Å². The minimum absolute atomic E-state index is 0.0125. The summed E-state index contributed by atoms with van der Waals surface area (Å²) in [6, 6.07) is 24.6. The Labute approximate surface area is 278 Å². The van der Waals surface area contributed by atoms with Crippen molar-refractivity contribution in [1.82, 2.24) is 4.90 Å². The van der Waals surface area contributed by atoms with E-state index < -0.39 is 39.9 Å². The fourth-order valence-corrected chi connectivity index (χ4v) is 6.15. The van der Waals surface area contributed by atoms with Gasteiger partial charge in [-0.3, -0.25) is 0 Å². The molecule has 0 N–H and O–H groups in total. The normalized spacial score (nSPS) is 17.0. The molecule has 5 rings (SSSR count). The lowest BCUT2D eigenvalue weighted by Gasteiger charge is -2.38. The van der Waals surface area contributed by atoms with Gasteiger partial charge in [-0.25, -0.2) is 13.6 Å². The summed E-state index contributed by atoms with van der Waals surface area (Å²) in [4.78, 5) is 14.7. The quantitative estimate of drug-likeness (QED) is 0.179. The molecule has 0 bridgehead atoms. The number of rotatable bonds is 9. The van der Waals surface area contributed by atoms with Gasteiger partial charge in [-0.15, -0.1) is 0 Å². The smallest absolute Gasteiger partial charge is 0.410 e. The number of hydrogen-bond acceptors (Lipinski definition) is 6. The largest absolute Gasteiger partial charge is 0.494 e. The minimum atomic E-state index is -1.39.